The Hall–Kier alpha value is -1.95. The van der Waals surface area contributed by atoms with Crippen LogP contribution in [0.1, 0.15) is 34.7 Å². The van der Waals surface area contributed by atoms with Crippen molar-refractivity contribution in [2.24, 2.45) is 0 Å². The molecule has 0 saturated carbocycles. The molecule has 2 aromatic rings. The molecule has 0 aliphatic heterocycles. The standard InChI is InChI=1S/C14H16NO6P/c1-3-20-22(19,21-4-2)14(18)9-5-6-11-10(7-9)8-12(15-11)13(16)17/h5-8,15H,3-4H2,1-2H3,(H,16,17). The van der Waals surface area contributed by atoms with Crippen molar-refractivity contribution in [3.8, 4) is 0 Å². The van der Waals surface area contributed by atoms with E-state index in [2.05, 4.69) is 4.98 Å². The summed E-state index contributed by atoms with van der Waals surface area (Å²) in [7, 11) is -3.89. The Bertz CT molecular complexity index is 756. The number of carbonyl (C=O) groups is 2. The molecule has 0 aliphatic carbocycles. The lowest BCUT2D eigenvalue weighted by atomic mass is 10.2. The molecular weight excluding hydrogens is 309 g/mol. The van der Waals surface area contributed by atoms with E-state index in [-0.39, 0.29) is 24.5 Å². The van der Waals surface area contributed by atoms with Gasteiger partial charge in [0.05, 0.1) is 13.2 Å². The average molecular weight is 325 g/mol. The van der Waals surface area contributed by atoms with Crippen molar-refractivity contribution in [2.45, 2.75) is 13.8 Å². The van der Waals surface area contributed by atoms with Gasteiger partial charge in [0.1, 0.15) is 5.69 Å². The second-order valence-corrected chi connectivity index (χ2v) is 6.35. The van der Waals surface area contributed by atoms with Crippen LogP contribution in [0.4, 0.5) is 0 Å². The number of rotatable bonds is 7. The van der Waals surface area contributed by atoms with Crippen LogP contribution < -0.4 is 0 Å². The van der Waals surface area contributed by atoms with Gasteiger partial charge in [-0.2, -0.15) is 0 Å². The van der Waals surface area contributed by atoms with Gasteiger partial charge in [-0.3, -0.25) is 9.36 Å². The number of aromatic carboxylic acids is 1. The molecule has 0 unspecified atom stereocenters. The maximum absolute atomic E-state index is 12.5. The summed E-state index contributed by atoms with van der Waals surface area (Å²) in [6, 6.07) is 5.88. The minimum atomic E-state index is -3.89. The number of fused-ring (bicyclic) bond motifs is 1. The summed E-state index contributed by atoms with van der Waals surface area (Å²) < 4.78 is 22.5. The third-order valence-corrected chi connectivity index (χ3v) is 4.90. The van der Waals surface area contributed by atoms with Crippen molar-refractivity contribution in [3.05, 3.63) is 35.5 Å². The summed E-state index contributed by atoms with van der Waals surface area (Å²) in [4.78, 5) is 26.0. The number of benzene rings is 1. The molecule has 0 radical (unpaired) electrons. The first-order valence-corrected chi connectivity index (χ1v) is 8.25. The number of aromatic nitrogens is 1. The van der Waals surface area contributed by atoms with E-state index < -0.39 is 19.1 Å². The van der Waals surface area contributed by atoms with E-state index in [9.17, 15) is 14.2 Å². The summed E-state index contributed by atoms with van der Waals surface area (Å²) in [5.41, 5.74) is -0.0150. The van der Waals surface area contributed by atoms with Gasteiger partial charge in [-0.05, 0) is 38.1 Å². The van der Waals surface area contributed by atoms with Crippen molar-refractivity contribution in [1.29, 1.82) is 0 Å². The molecule has 118 valence electrons. The molecule has 1 heterocycles. The van der Waals surface area contributed by atoms with E-state index in [1.807, 2.05) is 0 Å². The van der Waals surface area contributed by atoms with Crippen LogP contribution in [0.25, 0.3) is 10.9 Å². The number of H-pyrrole nitrogens is 1. The van der Waals surface area contributed by atoms with Crippen molar-refractivity contribution in [2.75, 3.05) is 13.2 Å². The zero-order valence-corrected chi connectivity index (χ0v) is 13.1. The molecule has 22 heavy (non-hydrogen) atoms. The molecule has 2 rings (SSSR count). The van der Waals surface area contributed by atoms with Gasteiger partial charge in [-0.1, -0.05) is 0 Å². The van der Waals surface area contributed by atoms with Crippen LogP contribution in [-0.4, -0.2) is 34.8 Å². The van der Waals surface area contributed by atoms with Gasteiger partial charge in [0.2, 0.25) is 0 Å². The lowest BCUT2D eigenvalue weighted by molar-refractivity contribution is 0.0691. The highest BCUT2D eigenvalue weighted by atomic mass is 31.2. The highest BCUT2D eigenvalue weighted by molar-refractivity contribution is 7.72. The molecule has 1 aromatic carbocycles. The van der Waals surface area contributed by atoms with Gasteiger partial charge in [0, 0.05) is 16.5 Å². The molecule has 0 bridgehead atoms. The summed E-state index contributed by atoms with van der Waals surface area (Å²) in [6.07, 6.45) is 0. The van der Waals surface area contributed by atoms with Crippen molar-refractivity contribution < 1.29 is 28.3 Å². The third kappa shape index (κ3) is 3.11. The normalized spacial score (nSPS) is 11.7. The van der Waals surface area contributed by atoms with Gasteiger partial charge in [-0.25, -0.2) is 4.79 Å². The zero-order valence-electron chi connectivity index (χ0n) is 12.2. The fraction of sp³-hybridized carbons (Fsp3) is 0.286. The van der Waals surface area contributed by atoms with Crippen molar-refractivity contribution in [3.63, 3.8) is 0 Å². The van der Waals surface area contributed by atoms with Crippen molar-refractivity contribution >= 4 is 30.0 Å². The number of nitrogens with one attached hydrogen (secondary N) is 1. The van der Waals surface area contributed by atoms with Gasteiger partial charge in [-0.15, -0.1) is 0 Å². The van der Waals surface area contributed by atoms with Gasteiger partial charge in [0.25, 0.3) is 5.52 Å². The minimum absolute atomic E-state index is 0.0115. The number of hydrogen-bond acceptors (Lipinski definition) is 5. The molecule has 2 N–H and O–H groups in total. The van der Waals surface area contributed by atoms with Crippen LogP contribution >= 0.6 is 7.60 Å². The Morgan fingerprint density at radius 1 is 1.18 bits per heavy atom. The lowest BCUT2D eigenvalue weighted by Gasteiger charge is -2.15. The van der Waals surface area contributed by atoms with E-state index in [0.29, 0.717) is 10.9 Å². The van der Waals surface area contributed by atoms with E-state index in [4.69, 9.17) is 14.2 Å². The Balaban J connectivity index is 2.42. The Labute approximate surface area is 126 Å². The maximum atomic E-state index is 12.5. The average Bonchev–Trinajstić information content (AvgIpc) is 2.90. The zero-order chi connectivity index (χ0) is 16.3. The Morgan fingerprint density at radius 2 is 1.82 bits per heavy atom. The first-order chi connectivity index (χ1) is 10.4. The molecule has 8 heteroatoms. The number of carboxylic acids is 1. The van der Waals surface area contributed by atoms with Crippen LogP contribution in [0, 0.1) is 0 Å². The largest absolute Gasteiger partial charge is 0.477 e. The first kappa shape index (κ1) is 16.4. The van der Waals surface area contributed by atoms with E-state index in [0.717, 1.165) is 0 Å². The predicted molar refractivity (Wildman–Crippen MR) is 80.4 cm³/mol. The number of carbonyl (C=O) groups excluding carboxylic acids is 1. The van der Waals surface area contributed by atoms with E-state index in [1.54, 1.807) is 19.9 Å². The molecule has 1 aromatic heterocycles. The predicted octanol–water partition coefficient (Wildman–Crippen LogP) is 3.27. The number of aromatic amines is 1. The molecule has 7 nitrogen and oxygen atoms in total. The summed E-state index contributed by atoms with van der Waals surface area (Å²) in [5, 5.41) is 9.48. The van der Waals surface area contributed by atoms with Gasteiger partial charge < -0.3 is 19.1 Å². The molecule has 0 aliphatic rings. The number of hydrogen-bond donors (Lipinski definition) is 2. The molecule has 0 fully saturated rings. The maximum Gasteiger partial charge on any atom is 0.401 e. The molecule has 0 saturated heterocycles. The summed E-state index contributed by atoms with van der Waals surface area (Å²) >= 11 is 0. The highest BCUT2D eigenvalue weighted by Crippen LogP contribution is 2.51. The monoisotopic (exact) mass is 325 g/mol. The van der Waals surface area contributed by atoms with E-state index in [1.165, 1.54) is 18.2 Å². The fourth-order valence-electron chi connectivity index (χ4n) is 2.03. The highest BCUT2D eigenvalue weighted by Gasteiger charge is 2.35. The molecule has 0 spiro atoms. The van der Waals surface area contributed by atoms with Crippen LogP contribution in [0.2, 0.25) is 0 Å². The lowest BCUT2D eigenvalue weighted by Crippen LogP contribution is -2.07. The van der Waals surface area contributed by atoms with Crippen LogP contribution in [-0.2, 0) is 13.6 Å². The van der Waals surface area contributed by atoms with Gasteiger partial charge >= 0.3 is 13.6 Å². The van der Waals surface area contributed by atoms with Crippen LogP contribution in [0.15, 0.2) is 24.3 Å². The molecular formula is C14H16NO6P. The second-order valence-electron chi connectivity index (χ2n) is 4.43. The Morgan fingerprint density at radius 3 is 2.36 bits per heavy atom. The van der Waals surface area contributed by atoms with Crippen molar-refractivity contribution in [1.82, 2.24) is 4.98 Å². The van der Waals surface area contributed by atoms with Crippen LogP contribution in [0.5, 0.6) is 0 Å². The Kier molecular flexibility index (Phi) is 4.81. The first-order valence-electron chi connectivity index (χ1n) is 6.71. The molecule has 0 amide bonds. The van der Waals surface area contributed by atoms with Crippen LogP contribution in [0.3, 0.4) is 0 Å². The quantitative estimate of drug-likeness (QED) is 0.757. The van der Waals surface area contributed by atoms with Gasteiger partial charge in [0.15, 0.2) is 0 Å². The second kappa shape index (κ2) is 6.44. The molecule has 0 atom stereocenters. The summed E-state index contributed by atoms with van der Waals surface area (Å²) in [6.45, 7) is 3.40. The minimum Gasteiger partial charge on any atom is -0.477 e. The topological polar surface area (TPSA) is 106 Å². The SMILES string of the molecule is CCOP(=O)(OCC)C(=O)c1ccc2[nH]c(C(=O)O)cc2c1. The summed E-state index contributed by atoms with van der Waals surface area (Å²) in [5.74, 6) is -1.10. The fourth-order valence-corrected chi connectivity index (χ4v) is 3.48. The van der Waals surface area contributed by atoms with E-state index >= 15 is 0 Å². The smallest absolute Gasteiger partial charge is 0.401 e. The third-order valence-electron chi connectivity index (χ3n) is 2.94. The number of carboxylic acid groups (broad SMARTS) is 1.